The van der Waals surface area contributed by atoms with E-state index in [2.05, 4.69) is 10.0 Å². The Hall–Kier alpha value is -2.34. The topological polar surface area (TPSA) is 75.3 Å². The summed E-state index contributed by atoms with van der Waals surface area (Å²) in [7, 11) is -2.24. The lowest BCUT2D eigenvalue weighted by Gasteiger charge is -2.22. The highest BCUT2D eigenvalue weighted by Crippen LogP contribution is 2.33. The first-order chi connectivity index (χ1) is 12.5. The number of hydrogen-bond donors (Lipinski definition) is 2. The summed E-state index contributed by atoms with van der Waals surface area (Å²) in [5.74, 6) is 0.193. The molecule has 138 valence electrons. The molecule has 0 spiro atoms. The van der Waals surface area contributed by atoms with Gasteiger partial charge >= 0.3 is 0 Å². The highest BCUT2D eigenvalue weighted by Gasteiger charge is 2.20. The first-order valence-electron chi connectivity index (χ1n) is 8.95. The van der Waals surface area contributed by atoms with Crippen molar-refractivity contribution in [3.8, 4) is 0 Å². The molecule has 1 saturated carbocycles. The minimum atomic E-state index is -3.76. The Kier molecular flexibility index (Phi) is 5.61. The Morgan fingerprint density at radius 3 is 2.27 bits per heavy atom. The quantitative estimate of drug-likeness (QED) is 0.836. The molecule has 2 aromatic carbocycles. The summed E-state index contributed by atoms with van der Waals surface area (Å²) in [6.45, 7) is 0. The third-order valence-electron chi connectivity index (χ3n) is 4.91. The van der Waals surface area contributed by atoms with Crippen LogP contribution in [0.3, 0.4) is 0 Å². The van der Waals surface area contributed by atoms with Crippen LogP contribution in [0.15, 0.2) is 53.4 Å². The first-order valence-corrected chi connectivity index (χ1v) is 10.4. The van der Waals surface area contributed by atoms with Crippen LogP contribution in [0.25, 0.3) is 0 Å². The van der Waals surface area contributed by atoms with Crippen molar-refractivity contribution in [3.63, 3.8) is 0 Å². The summed E-state index contributed by atoms with van der Waals surface area (Å²) < 4.78 is 27.9. The van der Waals surface area contributed by atoms with E-state index in [9.17, 15) is 13.2 Å². The van der Waals surface area contributed by atoms with E-state index in [4.69, 9.17) is 0 Å². The molecule has 2 N–H and O–H groups in total. The molecule has 0 radical (unpaired) electrons. The van der Waals surface area contributed by atoms with Gasteiger partial charge in [-0.1, -0.05) is 43.5 Å². The maximum atomic E-state index is 12.7. The molecule has 1 aliphatic rings. The lowest BCUT2D eigenvalue weighted by molar-refractivity contribution is 0.0964. The zero-order valence-corrected chi connectivity index (χ0v) is 15.7. The maximum Gasteiger partial charge on any atom is 0.261 e. The fourth-order valence-corrected chi connectivity index (χ4v) is 4.54. The smallest absolute Gasteiger partial charge is 0.261 e. The molecule has 0 aromatic heterocycles. The molecule has 6 heteroatoms. The maximum absolute atomic E-state index is 12.7. The summed E-state index contributed by atoms with van der Waals surface area (Å²) in [5, 5.41) is 2.52. The highest BCUT2D eigenvalue weighted by atomic mass is 32.2. The van der Waals surface area contributed by atoms with Gasteiger partial charge < -0.3 is 5.32 Å². The Balaban J connectivity index is 1.81. The summed E-state index contributed by atoms with van der Waals surface area (Å²) in [6.07, 6.45) is 6.11. The van der Waals surface area contributed by atoms with Gasteiger partial charge in [0.2, 0.25) is 0 Å². The van der Waals surface area contributed by atoms with Crippen LogP contribution in [0.4, 0.5) is 5.69 Å². The van der Waals surface area contributed by atoms with Gasteiger partial charge in [-0.15, -0.1) is 0 Å². The van der Waals surface area contributed by atoms with Crippen LogP contribution < -0.4 is 10.0 Å². The number of anilines is 1. The van der Waals surface area contributed by atoms with Crippen molar-refractivity contribution in [2.24, 2.45) is 0 Å². The monoisotopic (exact) mass is 372 g/mol. The molecule has 1 fully saturated rings. The number of carbonyl (C=O) groups excluding carboxylic acids is 1. The number of nitrogens with one attached hydrogen (secondary N) is 2. The molecular formula is C20H24N2O3S. The number of amides is 1. The summed E-state index contributed by atoms with van der Waals surface area (Å²) in [6, 6.07) is 13.7. The molecule has 0 atom stereocenters. The van der Waals surface area contributed by atoms with E-state index in [0.29, 0.717) is 5.92 Å². The second-order valence-electron chi connectivity index (χ2n) is 6.63. The van der Waals surface area contributed by atoms with E-state index in [1.54, 1.807) is 36.4 Å². The molecule has 26 heavy (non-hydrogen) atoms. The number of hydrogen-bond acceptors (Lipinski definition) is 3. The van der Waals surface area contributed by atoms with Crippen molar-refractivity contribution in [3.05, 3.63) is 59.7 Å². The van der Waals surface area contributed by atoms with E-state index in [0.717, 1.165) is 0 Å². The third kappa shape index (κ3) is 4.07. The number of sulfonamides is 1. The zero-order chi connectivity index (χ0) is 18.6. The molecule has 0 bridgehead atoms. The van der Waals surface area contributed by atoms with Gasteiger partial charge in [-0.3, -0.25) is 9.52 Å². The molecule has 3 rings (SSSR count). The fourth-order valence-electron chi connectivity index (χ4n) is 3.46. The molecule has 1 aliphatic carbocycles. The first kappa shape index (κ1) is 18.5. The molecular weight excluding hydrogens is 348 g/mol. The largest absolute Gasteiger partial charge is 0.355 e. The van der Waals surface area contributed by atoms with Crippen molar-refractivity contribution >= 4 is 21.6 Å². The van der Waals surface area contributed by atoms with E-state index in [-0.39, 0.29) is 22.1 Å². The molecule has 5 nitrogen and oxygen atoms in total. The number of para-hydroxylation sites is 1. The zero-order valence-electron chi connectivity index (χ0n) is 14.9. The van der Waals surface area contributed by atoms with Crippen molar-refractivity contribution < 1.29 is 13.2 Å². The van der Waals surface area contributed by atoms with Gasteiger partial charge in [-0.2, -0.15) is 0 Å². The molecule has 0 unspecified atom stereocenters. The Morgan fingerprint density at radius 2 is 1.62 bits per heavy atom. The van der Waals surface area contributed by atoms with Crippen molar-refractivity contribution in [1.82, 2.24) is 5.32 Å². The third-order valence-corrected chi connectivity index (χ3v) is 6.29. The van der Waals surface area contributed by atoms with E-state index in [1.165, 1.54) is 44.7 Å². The lowest BCUT2D eigenvalue weighted by atomic mass is 9.84. The van der Waals surface area contributed by atoms with Crippen LogP contribution in [-0.4, -0.2) is 21.4 Å². The van der Waals surface area contributed by atoms with Gasteiger partial charge in [0, 0.05) is 7.05 Å². The molecule has 2 aromatic rings. The van der Waals surface area contributed by atoms with Gasteiger partial charge in [0.15, 0.2) is 0 Å². The van der Waals surface area contributed by atoms with Crippen molar-refractivity contribution in [1.29, 1.82) is 0 Å². The summed E-state index contributed by atoms with van der Waals surface area (Å²) in [4.78, 5) is 12.1. The molecule has 0 saturated heterocycles. The van der Waals surface area contributed by atoms with Crippen LogP contribution in [0.1, 0.15) is 53.9 Å². The predicted molar refractivity (Wildman–Crippen MR) is 103 cm³/mol. The average Bonchev–Trinajstić information content (AvgIpc) is 2.68. The van der Waals surface area contributed by atoms with Crippen LogP contribution in [-0.2, 0) is 10.0 Å². The number of carbonyl (C=O) groups is 1. The van der Waals surface area contributed by atoms with Crippen LogP contribution >= 0.6 is 0 Å². The summed E-state index contributed by atoms with van der Waals surface area (Å²) in [5.41, 5.74) is 1.76. The van der Waals surface area contributed by atoms with Gasteiger partial charge in [-0.05, 0) is 48.6 Å². The van der Waals surface area contributed by atoms with Crippen molar-refractivity contribution in [2.75, 3.05) is 11.8 Å². The van der Waals surface area contributed by atoms with Gasteiger partial charge in [-0.25, -0.2) is 8.42 Å². The van der Waals surface area contributed by atoms with Gasteiger partial charge in [0.1, 0.15) is 0 Å². The predicted octanol–water partition coefficient (Wildman–Crippen LogP) is 3.89. The minimum absolute atomic E-state index is 0.198. The minimum Gasteiger partial charge on any atom is -0.355 e. The Morgan fingerprint density at radius 1 is 0.962 bits per heavy atom. The number of benzene rings is 2. The van der Waals surface area contributed by atoms with E-state index >= 15 is 0 Å². The average molecular weight is 372 g/mol. The van der Waals surface area contributed by atoms with E-state index in [1.807, 2.05) is 12.1 Å². The highest BCUT2D eigenvalue weighted by molar-refractivity contribution is 7.92. The molecule has 1 amide bonds. The number of rotatable bonds is 5. The molecule has 0 aliphatic heterocycles. The second kappa shape index (κ2) is 7.91. The summed E-state index contributed by atoms with van der Waals surface area (Å²) >= 11 is 0. The van der Waals surface area contributed by atoms with Crippen LogP contribution in [0, 0.1) is 0 Å². The second-order valence-corrected chi connectivity index (χ2v) is 8.32. The van der Waals surface area contributed by atoms with Gasteiger partial charge in [0.05, 0.1) is 16.1 Å². The normalized spacial score (nSPS) is 15.4. The fraction of sp³-hybridized carbons (Fsp3) is 0.350. The van der Waals surface area contributed by atoms with Crippen LogP contribution in [0.5, 0.6) is 0 Å². The Labute approximate surface area is 154 Å². The Bertz CT molecular complexity index is 870. The van der Waals surface area contributed by atoms with Crippen molar-refractivity contribution in [2.45, 2.75) is 42.9 Å². The van der Waals surface area contributed by atoms with Crippen LogP contribution in [0.2, 0.25) is 0 Å². The SMILES string of the molecule is CNC(=O)c1ccccc1NS(=O)(=O)c1ccc(C2CCCCC2)cc1. The lowest BCUT2D eigenvalue weighted by Crippen LogP contribution is -2.21. The standard InChI is InChI=1S/C20H24N2O3S/c1-21-20(23)18-9-5-6-10-19(18)22-26(24,25)17-13-11-16(12-14-17)15-7-3-2-4-8-15/h5-6,9-15,22H,2-4,7-8H2,1H3,(H,21,23). The van der Waals surface area contributed by atoms with Gasteiger partial charge in [0.25, 0.3) is 15.9 Å². The molecule has 0 heterocycles. The van der Waals surface area contributed by atoms with E-state index < -0.39 is 10.0 Å².